The van der Waals surface area contributed by atoms with Crippen LogP contribution in [0.1, 0.15) is 5.69 Å². The minimum absolute atomic E-state index is 0.0540. The number of hydrogen-bond donors (Lipinski definition) is 2. The fourth-order valence-electron chi connectivity index (χ4n) is 1.55. The highest BCUT2D eigenvalue weighted by Gasteiger charge is 2.12. The number of non-ortho nitro benzene ring substituents is 1. The van der Waals surface area contributed by atoms with Crippen LogP contribution in [0.3, 0.4) is 0 Å². The highest BCUT2D eigenvalue weighted by molar-refractivity contribution is 9.10. The molecule has 3 N–H and O–H groups in total. The van der Waals surface area contributed by atoms with Gasteiger partial charge in [-0.3, -0.25) is 14.9 Å². The lowest BCUT2D eigenvalue weighted by atomic mass is 10.3. The number of benzene rings is 1. The largest absolute Gasteiger partial charge is 0.349 e. The zero-order valence-electron chi connectivity index (χ0n) is 10.7. The monoisotopic (exact) mass is 354 g/mol. The molecule has 0 radical (unpaired) electrons. The third-order valence-electron chi connectivity index (χ3n) is 2.58. The van der Waals surface area contributed by atoms with Crippen LogP contribution in [-0.2, 0) is 11.3 Å². The van der Waals surface area contributed by atoms with E-state index in [9.17, 15) is 14.9 Å². The number of hydrogen-bond acceptors (Lipinski definition) is 6. The molecule has 10 heteroatoms. The van der Waals surface area contributed by atoms with Gasteiger partial charge in [0.1, 0.15) is 5.69 Å². The molecule has 1 aromatic heterocycles. The van der Waals surface area contributed by atoms with E-state index < -0.39 is 4.92 Å². The number of nitrogens with zero attached hydrogens (tertiary/aromatic N) is 4. The second-order valence-electron chi connectivity index (χ2n) is 4.03. The summed E-state index contributed by atoms with van der Waals surface area (Å²) < 4.78 is 2.02. The molecule has 2 aromatic rings. The van der Waals surface area contributed by atoms with Gasteiger partial charge in [-0.1, -0.05) is 5.21 Å². The van der Waals surface area contributed by atoms with Crippen LogP contribution in [0, 0.1) is 10.1 Å². The second-order valence-corrected chi connectivity index (χ2v) is 4.88. The Morgan fingerprint density at radius 1 is 1.52 bits per heavy atom. The zero-order valence-corrected chi connectivity index (χ0v) is 12.3. The van der Waals surface area contributed by atoms with Gasteiger partial charge in [-0.2, -0.15) is 0 Å². The van der Waals surface area contributed by atoms with Crippen molar-refractivity contribution in [3.63, 3.8) is 0 Å². The number of amides is 1. The summed E-state index contributed by atoms with van der Waals surface area (Å²) in [5.41, 5.74) is 6.11. The van der Waals surface area contributed by atoms with Gasteiger partial charge in [-0.15, -0.1) is 5.10 Å². The van der Waals surface area contributed by atoms with Gasteiger partial charge in [0.25, 0.3) is 5.69 Å². The number of rotatable bonds is 5. The van der Waals surface area contributed by atoms with E-state index in [0.29, 0.717) is 15.9 Å². The van der Waals surface area contributed by atoms with Gasteiger partial charge in [-0.25, -0.2) is 4.68 Å². The summed E-state index contributed by atoms with van der Waals surface area (Å²) in [6.45, 7) is 0.0765. The van der Waals surface area contributed by atoms with Gasteiger partial charge in [0.05, 0.1) is 29.9 Å². The molecule has 0 aliphatic heterocycles. The van der Waals surface area contributed by atoms with Crippen LogP contribution >= 0.6 is 15.9 Å². The van der Waals surface area contributed by atoms with E-state index in [-0.39, 0.29) is 24.7 Å². The van der Waals surface area contributed by atoms with Gasteiger partial charge in [0.15, 0.2) is 0 Å². The lowest BCUT2D eigenvalue weighted by molar-refractivity contribution is -0.384. The normalized spacial score (nSPS) is 10.4. The standard InChI is InChI=1S/C11H11BrN6O3/c12-9-2-1-8(18(20)21)3-10(9)17-6-7(15-16-17)5-14-11(19)4-13/h1-3,6H,4-5,13H2,(H,14,19). The maximum Gasteiger partial charge on any atom is 0.271 e. The number of carbonyl (C=O) groups is 1. The van der Waals surface area contributed by atoms with Gasteiger partial charge in [-0.05, 0) is 22.0 Å². The van der Waals surface area contributed by atoms with Crippen molar-refractivity contribution in [1.82, 2.24) is 20.3 Å². The number of carbonyl (C=O) groups excluding carboxylic acids is 1. The Morgan fingerprint density at radius 2 is 2.29 bits per heavy atom. The van der Waals surface area contributed by atoms with Crippen molar-refractivity contribution >= 4 is 27.5 Å². The molecule has 2 rings (SSSR count). The maximum atomic E-state index is 11.1. The van der Waals surface area contributed by atoms with E-state index >= 15 is 0 Å². The van der Waals surface area contributed by atoms with Gasteiger partial charge >= 0.3 is 0 Å². The van der Waals surface area contributed by atoms with E-state index in [2.05, 4.69) is 31.6 Å². The fraction of sp³-hybridized carbons (Fsp3) is 0.182. The predicted octanol–water partition coefficient (Wildman–Crippen LogP) is 0.513. The lowest BCUT2D eigenvalue weighted by Gasteiger charge is -2.03. The molecule has 0 unspecified atom stereocenters. The number of nitro groups is 1. The molecule has 0 spiro atoms. The molecule has 9 nitrogen and oxygen atoms in total. The van der Waals surface area contributed by atoms with Crippen molar-refractivity contribution in [3.8, 4) is 5.69 Å². The van der Waals surface area contributed by atoms with Crippen molar-refractivity contribution in [2.24, 2.45) is 5.73 Å². The summed E-state index contributed by atoms with van der Waals surface area (Å²) in [7, 11) is 0. The summed E-state index contributed by atoms with van der Waals surface area (Å²) in [5.74, 6) is -0.305. The summed E-state index contributed by atoms with van der Waals surface area (Å²) in [4.78, 5) is 21.4. The molecule has 21 heavy (non-hydrogen) atoms. The van der Waals surface area contributed by atoms with E-state index in [0.717, 1.165) is 0 Å². The molecule has 0 saturated carbocycles. The topological polar surface area (TPSA) is 129 Å². The predicted molar refractivity (Wildman–Crippen MR) is 76.6 cm³/mol. The fourth-order valence-corrected chi connectivity index (χ4v) is 1.98. The minimum atomic E-state index is -0.491. The van der Waals surface area contributed by atoms with Crippen molar-refractivity contribution < 1.29 is 9.72 Å². The molecule has 0 saturated heterocycles. The van der Waals surface area contributed by atoms with Gasteiger partial charge in [0.2, 0.25) is 5.91 Å². The average Bonchev–Trinajstić information content (AvgIpc) is 2.93. The van der Waals surface area contributed by atoms with Gasteiger partial charge < -0.3 is 11.1 Å². The number of nitrogens with one attached hydrogen (secondary N) is 1. The highest BCUT2D eigenvalue weighted by atomic mass is 79.9. The molecule has 0 aliphatic carbocycles. The Balaban J connectivity index is 2.23. The van der Waals surface area contributed by atoms with Crippen molar-refractivity contribution in [3.05, 3.63) is 44.7 Å². The van der Waals surface area contributed by atoms with Crippen LogP contribution < -0.4 is 11.1 Å². The smallest absolute Gasteiger partial charge is 0.271 e. The van der Waals surface area contributed by atoms with Crippen LogP contribution in [0.2, 0.25) is 0 Å². The molecular weight excluding hydrogens is 344 g/mol. The molecule has 1 heterocycles. The first kappa shape index (κ1) is 15.1. The SMILES string of the molecule is NCC(=O)NCc1cn(-c2cc([N+](=O)[O-])ccc2Br)nn1. The quantitative estimate of drug-likeness (QED) is 0.594. The molecule has 110 valence electrons. The molecule has 1 amide bonds. The number of halogens is 1. The van der Waals surface area contributed by atoms with E-state index in [1.54, 1.807) is 12.3 Å². The van der Waals surface area contributed by atoms with Crippen LogP contribution in [0.15, 0.2) is 28.9 Å². The molecular formula is C11H11BrN6O3. The zero-order chi connectivity index (χ0) is 15.4. The first-order valence-electron chi connectivity index (χ1n) is 5.83. The number of nitro benzene ring substituents is 1. The highest BCUT2D eigenvalue weighted by Crippen LogP contribution is 2.25. The minimum Gasteiger partial charge on any atom is -0.349 e. The summed E-state index contributed by atoms with van der Waals surface area (Å²) >= 11 is 3.30. The summed E-state index contributed by atoms with van der Waals surface area (Å²) in [6.07, 6.45) is 1.57. The number of nitrogens with two attached hydrogens (primary N) is 1. The van der Waals surface area contributed by atoms with Crippen molar-refractivity contribution in [1.29, 1.82) is 0 Å². The van der Waals surface area contributed by atoms with E-state index in [4.69, 9.17) is 5.73 Å². The summed E-state index contributed by atoms with van der Waals surface area (Å²) in [5, 5.41) is 21.1. The Hall–Kier alpha value is -2.33. The maximum absolute atomic E-state index is 11.1. The number of aromatic nitrogens is 3. The first-order valence-corrected chi connectivity index (χ1v) is 6.63. The molecule has 0 fully saturated rings. The van der Waals surface area contributed by atoms with Gasteiger partial charge in [0, 0.05) is 16.6 Å². The van der Waals surface area contributed by atoms with Crippen LogP contribution in [0.5, 0.6) is 0 Å². The molecule has 0 aliphatic rings. The Labute approximate surface area is 127 Å². The molecule has 0 bridgehead atoms. The Kier molecular flexibility index (Phi) is 4.60. The Morgan fingerprint density at radius 3 is 2.95 bits per heavy atom. The van der Waals surface area contributed by atoms with E-state index in [1.165, 1.54) is 16.8 Å². The average molecular weight is 355 g/mol. The lowest BCUT2D eigenvalue weighted by Crippen LogP contribution is -2.29. The molecule has 1 aromatic carbocycles. The van der Waals surface area contributed by atoms with Crippen molar-refractivity contribution in [2.75, 3.05) is 6.54 Å². The van der Waals surface area contributed by atoms with Crippen molar-refractivity contribution in [2.45, 2.75) is 6.54 Å². The third-order valence-corrected chi connectivity index (χ3v) is 3.25. The van der Waals surface area contributed by atoms with Crippen LogP contribution in [0.25, 0.3) is 5.69 Å². The molecule has 0 atom stereocenters. The second kappa shape index (κ2) is 6.41. The summed E-state index contributed by atoms with van der Waals surface area (Å²) in [6, 6.07) is 4.32. The van der Waals surface area contributed by atoms with Crippen LogP contribution in [0.4, 0.5) is 5.69 Å². The van der Waals surface area contributed by atoms with Crippen LogP contribution in [-0.4, -0.2) is 32.4 Å². The first-order chi connectivity index (χ1) is 10.0. The Bertz CT molecular complexity index is 686. The third kappa shape index (κ3) is 3.61. The van der Waals surface area contributed by atoms with E-state index in [1.807, 2.05) is 0 Å².